The van der Waals surface area contributed by atoms with Crippen molar-refractivity contribution in [2.24, 2.45) is 0 Å². The summed E-state index contributed by atoms with van der Waals surface area (Å²) in [5.41, 5.74) is 0. The summed E-state index contributed by atoms with van der Waals surface area (Å²) in [6, 6.07) is 0. The van der Waals surface area contributed by atoms with Crippen molar-refractivity contribution in [3.8, 4) is 0 Å². The molecule has 0 aromatic carbocycles. The molecule has 7 N–H and O–H groups in total. The van der Waals surface area contributed by atoms with Crippen LogP contribution in [0.4, 0.5) is 0 Å². The molecule has 376 valence electrons. The van der Waals surface area contributed by atoms with Crippen LogP contribution in [0.25, 0.3) is 0 Å². The molecule has 0 amide bonds. The molecule has 0 radical (unpaired) electrons. The zero-order chi connectivity index (χ0) is 46.8. The van der Waals surface area contributed by atoms with Gasteiger partial charge in [0.2, 0.25) is 0 Å². The summed E-state index contributed by atoms with van der Waals surface area (Å²) in [6.07, 6.45) is 18.3. The number of hydrogen-bond donors (Lipinski definition) is 7. The first-order valence-corrected chi connectivity index (χ1v) is 25.3. The van der Waals surface area contributed by atoms with Gasteiger partial charge in [0.1, 0.15) is 55.4 Å². The van der Waals surface area contributed by atoms with Gasteiger partial charge in [-0.2, -0.15) is 0 Å². The Bertz CT molecular complexity index is 1170. The van der Waals surface area contributed by atoms with Gasteiger partial charge in [-0.1, -0.05) is 154 Å². The number of carbonyl (C=O) groups is 2. The predicted molar refractivity (Wildman–Crippen MR) is 243 cm³/mol. The third kappa shape index (κ3) is 25.4. The highest BCUT2D eigenvalue weighted by atomic mass is 16.7. The third-order valence-corrected chi connectivity index (χ3v) is 12.2. The number of unbranched alkanes of at least 4 members (excludes halogenated alkanes) is 23. The van der Waals surface area contributed by atoms with Crippen molar-refractivity contribution in [3.63, 3.8) is 0 Å². The summed E-state index contributed by atoms with van der Waals surface area (Å²) in [7, 11) is 0. The largest absolute Gasteiger partial charge is 0.462 e. The Labute approximate surface area is 384 Å². The maximum atomic E-state index is 13.0. The molecule has 0 aliphatic carbocycles. The fourth-order valence-corrected chi connectivity index (χ4v) is 8.04. The monoisotopic (exact) mass is 919 g/mol. The Morgan fingerprint density at radius 3 is 1.38 bits per heavy atom. The average Bonchev–Trinajstić information content (AvgIpc) is 3.29. The maximum Gasteiger partial charge on any atom is 0.306 e. The molecule has 0 bridgehead atoms. The van der Waals surface area contributed by atoms with E-state index in [0.717, 1.165) is 44.9 Å². The van der Waals surface area contributed by atoms with Crippen LogP contribution in [0.2, 0.25) is 0 Å². The van der Waals surface area contributed by atoms with Crippen LogP contribution in [0.3, 0.4) is 0 Å². The highest BCUT2D eigenvalue weighted by Crippen LogP contribution is 2.26. The fraction of sp³-hybridized carbons (Fsp3) is 0.918. The van der Waals surface area contributed by atoms with Crippen molar-refractivity contribution in [2.45, 2.75) is 261 Å². The number of rotatable bonds is 39. The van der Waals surface area contributed by atoms with Crippen LogP contribution in [-0.2, 0) is 38.0 Å². The molecule has 15 heteroatoms. The first kappa shape index (κ1) is 58.4. The molecule has 0 spiro atoms. The molecule has 2 aliphatic heterocycles. The van der Waals surface area contributed by atoms with Crippen molar-refractivity contribution < 1.29 is 73.8 Å². The van der Waals surface area contributed by atoms with Gasteiger partial charge < -0.3 is 64.2 Å². The number of allylic oxidation sites excluding steroid dienone is 2. The average molecular weight is 919 g/mol. The summed E-state index contributed by atoms with van der Waals surface area (Å²) in [6.45, 7) is 2.57. The molecule has 2 saturated heterocycles. The van der Waals surface area contributed by atoms with Gasteiger partial charge >= 0.3 is 11.9 Å². The second-order valence-corrected chi connectivity index (χ2v) is 18.0. The van der Waals surface area contributed by atoms with Crippen molar-refractivity contribution in [2.75, 3.05) is 26.4 Å². The van der Waals surface area contributed by atoms with Gasteiger partial charge in [-0.3, -0.25) is 9.59 Å². The number of carbonyl (C=O) groups excluding carboxylic acids is 2. The van der Waals surface area contributed by atoms with E-state index in [2.05, 4.69) is 26.0 Å². The lowest BCUT2D eigenvalue weighted by molar-refractivity contribution is -0.332. The zero-order valence-electron chi connectivity index (χ0n) is 39.5. The van der Waals surface area contributed by atoms with E-state index in [9.17, 15) is 45.3 Å². The first-order chi connectivity index (χ1) is 31.0. The smallest absolute Gasteiger partial charge is 0.306 e. The van der Waals surface area contributed by atoms with Gasteiger partial charge in [-0.15, -0.1) is 0 Å². The number of aliphatic hydroxyl groups excluding tert-OH is 7. The molecule has 2 fully saturated rings. The molecule has 0 aromatic rings. The Hall–Kier alpha value is -1.76. The van der Waals surface area contributed by atoms with Crippen molar-refractivity contribution >= 4 is 11.9 Å². The highest BCUT2D eigenvalue weighted by Gasteiger charge is 2.47. The first-order valence-electron chi connectivity index (χ1n) is 25.3. The molecular formula is C49H90O15. The lowest BCUT2D eigenvalue weighted by atomic mass is 9.98. The fourth-order valence-electron chi connectivity index (χ4n) is 8.04. The third-order valence-electron chi connectivity index (χ3n) is 12.2. The summed E-state index contributed by atoms with van der Waals surface area (Å²) in [5.74, 6) is -0.923. The molecule has 11 atom stereocenters. The Morgan fingerprint density at radius 2 is 0.891 bits per heavy atom. The summed E-state index contributed by atoms with van der Waals surface area (Å²) < 4.78 is 33.5. The molecule has 0 aromatic heterocycles. The maximum absolute atomic E-state index is 13.0. The van der Waals surface area contributed by atoms with E-state index in [1.807, 2.05) is 0 Å². The second kappa shape index (κ2) is 37.2. The van der Waals surface area contributed by atoms with Crippen LogP contribution in [-0.4, -0.2) is 142 Å². The van der Waals surface area contributed by atoms with Crippen molar-refractivity contribution in [1.29, 1.82) is 0 Å². The quantitative estimate of drug-likeness (QED) is 0.0196. The lowest BCUT2D eigenvalue weighted by Crippen LogP contribution is -2.61. The van der Waals surface area contributed by atoms with E-state index in [-0.39, 0.29) is 26.1 Å². The van der Waals surface area contributed by atoms with E-state index < -0.39 is 92.7 Å². The number of esters is 2. The van der Waals surface area contributed by atoms with Gasteiger partial charge in [0.25, 0.3) is 0 Å². The van der Waals surface area contributed by atoms with Crippen molar-refractivity contribution in [3.05, 3.63) is 12.2 Å². The zero-order valence-corrected chi connectivity index (χ0v) is 39.5. The van der Waals surface area contributed by atoms with Gasteiger partial charge in [-0.05, 0) is 38.5 Å². The topological polar surface area (TPSA) is 231 Å². The number of ether oxygens (including phenoxy) is 6. The standard InChI is InChI=1S/C49H90O15/c1-3-5-7-9-11-13-14-15-16-17-18-19-20-21-22-24-26-28-30-32-41(52)62-37(34-59-40(51)31-29-27-25-23-12-10-8-6-4-2)35-60-48-47(58)45(56)43(54)39(64-48)36-61-49-46(57)44(55)42(53)38(33-50)63-49/h15-16,37-39,42-50,53-58H,3-14,17-36H2,1-2H3/b16-15-. The van der Waals surface area contributed by atoms with E-state index in [4.69, 9.17) is 28.4 Å². The van der Waals surface area contributed by atoms with Gasteiger partial charge in [0.05, 0.1) is 19.8 Å². The molecule has 11 unspecified atom stereocenters. The minimum absolute atomic E-state index is 0.167. The summed E-state index contributed by atoms with van der Waals surface area (Å²) >= 11 is 0. The molecule has 15 nitrogen and oxygen atoms in total. The van der Waals surface area contributed by atoms with Crippen LogP contribution < -0.4 is 0 Å². The molecular weight excluding hydrogens is 829 g/mol. The van der Waals surface area contributed by atoms with Crippen LogP contribution in [0, 0.1) is 0 Å². The predicted octanol–water partition coefficient (Wildman–Crippen LogP) is 6.60. The van der Waals surface area contributed by atoms with Crippen LogP contribution in [0.1, 0.15) is 194 Å². The van der Waals surface area contributed by atoms with Gasteiger partial charge in [-0.25, -0.2) is 0 Å². The Balaban J connectivity index is 1.78. The molecule has 64 heavy (non-hydrogen) atoms. The van der Waals surface area contributed by atoms with Crippen LogP contribution >= 0.6 is 0 Å². The minimum Gasteiger partial charge on any atom is -0.462 e. The highest BCUT2D eigenvalue weighted by molar-refractivity contribution is 5.70. The molecule has 2 rings (SSSR count). The van der Waals surface area contributed by atoms with Crippen molar-refractivity contribution in [1.82, 2.24) is 0 Å². The van der Waals surface area contributed by atoms with E-state index >= 15 is 0 Å². The molecule has 2 aliphatic rings. The van der Waals surface area contributed by atoms with Gasteiger partial charge in [0, 0.05) is 12.8 Å². The molecule has 2 heterocycles. The molecule has 0 saturated carbocycles. The van der Waals surface area contributed by atoms with Crippen LogP contribution in [0.15, 0.2) is 12.2 Å². The summed E-state index contributed by atoms with van der Waals surface area (Å²) in [5, 5.41) is 71.9. The van der Waals surface area contributed by atoms with Gasteiger partial charge in [0.15, 0.2) is 18.7 Å². The minimum atomic E-state index is -1.76. The summed E-state index contributed by atoms with van der Waals surface area (Å²) in [4.78, 5) is 25.6. The number of hydrogen-bond acceptors (Lipinski definition) is 15. The van der Waals surface area contributed by atoms with E-state index in [1.54, 1.807) is 0 Å². The lowest BCUT2D eigenvalue weighted by Gasteiger charge is -2.42. The van der Waals surface area contributed by atoms with E-state index in [1.165, 1.54) is 109 Å². The Kier molecular flexibility index (Phi) is 34.0. The Morgan fingerprint density at radius 1 is 0.484 bits per heavy atom. The number of aliphatic hydroxyl groups is 7. The SMILES string of the molecule is CCCCCCCC/C=C\CCCCCCCCCCCC(=O)OC(COC(=O)CCCCCCCCCCC)COC1OC(COC2OC(CO)C(O)C(O)C2O)C(O)C(O)C1O. The van der Waals surface area contributed by atoms with Crippen LogP contribution in [0.5, 0.6) is 0 Å². The van der Waals surface area contributed by atoms with E-state index in [0.29, 0.717) is 12.8 Å². The second-order valence-electron chi connectivity index (χ2n) is 18.0. The normalized spacial score (nSPS) is 26.6.